The Morgan fingerprint density at radius 1 is 1.32 bits per heavy atom. The van der Waals surface area contributed by atoms with E-state index < -0.39 is 0 Å². The third-order valence-corrected chi connectivity index (χ3v) is 4.22. The second-order valence-corrected chi connectivity index (χ2v) is 5.50. The van der Waals surface area contributed by atoms with Crippen LogP contribution in [0.15, 0.2) is 18.2 Å². The van der Waals surface area contributed by atoms with Crippen molar-refractivity contribution in [3.05, 3.63) is 29.6 Å². The molecule has 0 radical (unpaired) electrons. The predicted molar refractivity (Wildman–Crippen MR) is 79.0 cm³/mol. The van der Waals surface area contributed by atoms with Crippen LogP contribution in [0.2, 0.25) is 0 Å². The van der Waals surface area contributed by atoms with E-state index in [4.69, 9.17) is 5.73 Å². The normalized spacial score (nSPS) is 20.4. The first-order valence-electron chi connectivity index (χ1n) is 7.48. The Morgan fingerprint density at radius 3 is 2.89 bits per heavy atom. The van der Waals surface area contributed by atoms with Gasteiger partial charge < -0.3 is 10.6 Å². The fourth-order valence-electron chi connectivity index (χ4n) is 3.03. The lowest BCUT2D eigenvalue weighted by Gasteiger charge is -2.25. The summed E-state index contributed by atoms with van der Waals surface area (Å²) in [5.74, 6) is 0.692. The Bertz CT molecular complexity index is 406. The summed E-state index contributed by atoms with van der Waals surface area (Å²) >= 11 is 0. The van der Waals surface area contributed by atoms with Crippen molar-refractivity contribution < 1.29 is 4.39 Å². The van der Waals surface area contributed by atoms with Crippen LogP contribution in [0.4, 0.5) is 10.1 Å². The van der Waals surface area contributed by atoms with Crippen molar-refractivity contribution in [3.63, 3.8) is 0 Å². The Hall–Kier alpha value is -1.09. The van der Waals surface area contributed by atoms with Gasteiger partial charge in [0.05, 0.1) is 0 Å². The third-order valence-electron chi connectivity index (χ3n) is 4.22. The molecule has 0 amide bonds. The van der Waals surface area contributed by atoms with Crippen LogP contribution >= 0.6 is 0 Å². The van der Waals surface area contributed by atoms with E-state index in [0.717, 1.165) is 31.0 Å². The molecule has 0 bridgehead atoms. The summed E-state index contributed by atoms with van der Waals surface area (Å²) in [5, 5.41) is 0. The van der Waals surface area contributed by atoms with Gasteiger partial charge in [0.15, 0.2) is 0 Å². The van der Waals surface area contributed by atoms with Gasteiger partial charge in [-0.2, -0.15) is 0 Å². The molecule has 1 aliphatic rings. The monoisotopic (exact) mass is 264 g/mol. The minimum Gasteiger partial charge on any atom is -0.371 e. The number of halogens is 1. The van der Waals surface area contributed by atoms with Crippen LogP contribution in [0, 0.1) is 11.7 Å². The van der Waals surface area contributed by atoms with Crippen molar-refractivity contribution in [2.24, 2.45) is 11.7 Å². The van der Waals surface area contributed by atoms with Gasteiger partial charge in [0.2, 0.25) is 0 Å². The van der Waals surface area contributed by atoms with Crippen LogP contribution < -0.4 is 10.6 Å². The Morgan fingerprint density at radius 2 is 2.16 bits per heavy atom. The number of rotatable bonds is 4. The molecule has 2 nitrogen and oxygen atoms in total. The molecular weight excluding hydrogens is 239 g/mol. The molecule has 1 heterocycles. The van der Waals surface area contributed by atoms with Gasteiger partial charge in [-0.3, -0.25) is 0 Å². The van der Waals surface area contributed by atoms with Gasteiger partial charge in [-0.15, -0.1) is 0 Å². The number of hydrogen-bond acceptors (Lipinski definition) is 2. The van der Waals surface area contributed by atoms with E-state index in [1.807, 2.05) is 6.07 Å². The quantitative estimate of drug-likeness (QED) is 0.903. The zero-order valence-corrected chi connectivity index (χ0v) is 11.9. The highest BCUT2D eigenvalue weighted by Gasteiger charge is 2.18. The highest BCUT2D eigenvalue weighted by Crippen LogP contribution is 2.27. The minimum atomic E-state index is -0.159. The van der Waals surface area contributed by atoms with Crippen LogP contribution in [0.5, 0.6) is 0 Å². The van der Waals surface area contributed by atoms with Gasteiger partial charge in [0.25, 0.3) is 0 Å². The van der Waals surface area contributed by atoms with Gasteiger partial charge in [-0.25, -0.2) is 4.39 Å². The molecule has 3 heteroatoms. The van der Waals surface area contributed by atoms with Gasteiger partial charge in [0, 0.05) is 18.8 Å². The molecule has 2 N–H and O–H groups in total. The van der Waals surface area contributed by atoms with Crippen molar-refractivity contribution in [1.29, 1.82) is 0 Å². The number of hydrogen-bond donors (Lipinski definition) is 1. The molecule has 2 rings (SSSR count). The first-order valence-corrected chi connectivity index (χ1v) is 7.48. The molecule has 1 atom stereocenters. The maximum Gasteiger partial charge on any atom is 0.123 e. The van der Waals surface area contributed by atoms with Crippen molar-refractivity contribution >= 4 is 5.69 Å². The fourth-order valence-corrected chi connectivity index (χ4v) is 3.03. The lowest BCUT2D eigenvalue weighted by Crippen LogP contribution is -2.26. The summed E-state index contributed by atoms with van der Waals surface area (Å²) in [6.45, 7) is 5.02. The summed E-state index contributed by atoms with van der Waals surface area (Å²) in [5.41, 5.74) is 7.88. The van der Waals surface area contributed by atoms with E-state index in [1.165, 1.54) is 31.4 Å². The van der Waals surface area contributed by atoms with Gasteiger partial charge >= 0.3 is 0 Å². The second-order valence-electron chi connectivity index (χ2n) is 5.50. The maximum atomic E-state index is 13.4. The minimum absolute atomic E-state index is 0.159. The van der Waals surface area contributed by atoms with Crippen molar-refractivity contribution in [1.82, 2.24) is 0 Å². The zero-order chi connectivity index (χ0) is 13.7. The van der Waals surface area contributed by atoms with Gasteiger partial charge in [-0.05, 0) is 61.9 Å². The van der Waals surface area contributed by atoms with E-state index >= 15 is 0 Å². The summed E-state index contributed by atoms with van der Waals surface area (Å²) in [6.07, 6.45) is 5.82. The number of benzene rings is 1. The Balaban J connectivity index is 2.16. The summed E-state index contributed by atoms with van der Waals surface area (Å²) in [6, 6.07) is 5.13. The molecule has 1 aromatic carbocycles. The SMILES string of the molecule is CCC1CCCN(c2ccc(F)cc2CCN)CC1. The average Bonchev–Trinajstić information content (AvgIpc) is 2.65. The van der Waals surface area contributed by atoms with E-state index in [0.29, 0.717) is 6.54 Å². The molecule has 1 aromatic rings. The summed E-state index contributed by atoms with van der Waals surface area (Å²) in [7, 11) is 0. The molecule has 106 valence electrons. The lowest BCUT2D eigenvalue weighted by atomic mass is 9.98. The zero-order valence-electron chi connectivity index (χ0n) is 11.9. The van der Waals surface area contributed by atoms with Crippen molar-refractivity contribution in [2.75, 3.05) is 24.5 Å². The smallest absolute Gasteiger partial charge is 0.123 e. The Labute approximate surface area is 115 Å². The predicted octanol–water partition coefficient (Wildman–Crippen LogP) is 3.34. The second kappa shape index (κ2) is 6.90. The topological polar surface area (TPSA) is 29.3 Å². The fraction of sp³-hybridized carbons (Fsp3) is 0.625. The van der Waals surface area contributed by atoms with Gasteiger partial charge in [0.1, 0.15) is 5.82 Å². The van der Waals surface area contributed by atoms with Crippen LogP contribution in [-0.2, 0) is 6.42 Å². The van der Waals surface area contributed by atoms with E-state index in [-0.39, 0.29) is 5.82 Å². The first kappa shape index (κ1) is 14.3. The number of anilines is 1. The van der Waals surface area contributed by atoms with Crippen molar-refractivity contribution in [3.8, 4) is 0 Å². The molecule has 1 fully saturated rings. The van der Waals surface area contributed by atoms with Crippen LogP contribution in [0.3, 0.4) is 0 Å². The van der Waals surface area contributed by atoms with Crippen LogP contribution in [0.25, 0.3) is 0 Å². The highest BCUT2D eigenvalue weighted by molar-refractivity contribution is 5.54. The molecular formula is C16H25FN2. The van der Waals surface area contributed by atoms with Crippen molar-refractivity contribution in [2.45, 2.75) is 39.0 Å². The number of nitrogens with zero attached hydrogens (tertiary/aromatic N) is 1. The molecule has 0 spiro atoms. The molecule has 1 aliphatic heterocycles. The molecule has 0 aromatic heterocycles. The summed E-state index contributed by atoms with van der Waals surface area (Å²) < 4.78 is 13.4. The molecule has 1 saturated heterocycles. The van der Waals surface area contributed by atoms with Gasteiger partial charge in [-0.1, -0.05) is 13.3 Å². The maximum absolute atomic E-state index is 13.4. The largest absolute Gasteiger partial charge is 0.371 e. The third kappa shape index (κ3) is 3.69. The van der Waals surface area contributed by atoms with E-state index in [1.54, 1.807) is 12.1 Å². The molecule has 19 heavy (non-hydrogen) atoms. The average molecular weight is 264 g/mol. The first-order chi connectivity index (χ1) is 9.24. The Kier molecular flexibility index (Phi) is 5.20. The molecule has 1 unspecified atom stereocenters. The van der Waals surface area contributed by atoms with E-state index in [9.17, 15) is 4.39 Å². The van der Waals surface area contributed by atoms with E-state index in [2.05, 4.69) is 11.8 Å². The van der Waals surface area contributed by atoms with Crippen LogP contribution in [0.1, 0.15) is 38.2 Å². The number of nitrogens with two attached hydrogens (primary N) is 1. The summed E-state index contributed by atoms with van der Waals surface area (Å²) in [4.78, 5) is 2.42. The molecule has 0 aliphatic carbocycles. The lowest BCUT2D eigenvalue weighted by molar-refractivity contribution is 0.459. The molecule has 0 saturated carbocycles. The standard InChI is InChI=1S/C16H25FN2/c1-2-13-4-3-10-19(11-8-13)16-6-5-15(17)12-14(16)7-9-18/h5-6,12-13H,2-4,7-11,18H2,1H3. The van der Waals surface area contributed by atoms with Crippen LogP contribution in [-0.4, -0.2) is 19.6 Å². The highest BCUT2D eigenvalue weighted by atomic mass is 19.1.